The molecule has 1 unspecified atom stereocenters. The quantitative estimate of drug-likeness (QED) is 0.638. The van der Waals surface area contributed by atoms with Crippen molar-refractivity contribution in [2.45, 2.75) is 24.8 Å². The van der Waals surface area contributed by atoms with E-state index in [0.717, 1.165) is 9.13 Å². The number of likely N-dealkylation sites (N-methyl/N-ethyl adjacent to an activating group) is 1. The van der Waals surface area contributed by atoms with Crippen molar-refractivity contribution < 1.29 is 13.2 Å². The predicted molar refractivity (Wildman–Crippen MR) is 119 cm³/mol. The zero-order valence-electron chi connectivity index (χ0n) is 16.1. The minimum atomic E-state index is -3.55. The van der Waals surface area contributed by atoms with Crippen LogP contribution in [-0.4, -0.2) is 56.3 Å². The standard InChI is InChI=1S/C20H24IN3O3S/c1-14-4-5-16(12-19(14)21)20(25)22-17-6-8-18(9-7-17)28(26,27)24-11-10-23(3)13-15(24)2/h4-9,12,15H,10-11,13H2,1-3H3,(H,22,25). The molecule has 1 atom stereocenters. The number of nitrogens with one attached hydrogen (secondary N) is 1. The second-order valence-corrected chi connectivity index (χ2v) is 10.2. The van der Waals surface area contributed by atoms with E-state index in [-0.39, 0.29) is 16.8 Å². The SMILES string of the molecule is Cc1ccc(C(=O)Nc2ccc(S(=O)(=O)N3CCN(C)CC3C)cc2)cc1I. The lowest BCUT2D eigenvalue weighted by atomic mass is 10.1. The number of amides is 1. The highest BCUT2D eigenvalue weighted by Crippen LogP contribution is 2.23. The number of carbonyl (C=O) groups excluding carboxylic acids is 1. The van der Waals surface area contributed by atoms with E-state index in [4.69, 9.17) is 0 Å². The van der Waals surface area contributed by atoms with E-state index in [1.54, 1.807) is 34.6 Å². The topological polar surface area (TPSA) is 69.7 Å². The van der Waals surface area contributed by atoms with Gasteiger partial charge in [0, 0.05) is 40.5 Å². The molecule has 0 bridgehead atoms. The first kappa shape index (κ1) is 21.2. The van der Waals surface area contributed by atoms with Crippen LogP contribution in [-0.2, 0) is 10.0 Å². The number of sulfonamides is 1. The highest BCUT2D eigenvalue weighted by molar-refractivity contribution is 14.1. The summed E-state index contributed by atoms with van der Waals surface area (Å²) in [5.74, 6) is -0.221. The van der Waals surface area contributed by atoms with Crippen LogP contribution in [0.1, 0.15) is 22.8 Å². The minimum absolute atomic E-state index is 0.0767. The molecule has 1 aliphatic heterocycles. The second kappa shape index (κ2) is 8.48. The van der Waals surface area contributed by atoms with Gasteiger partial charge in [-0.25, -0.2) is 8.42 Å². The van der Waals surface area contributed by atoms with Crippen LogP contribution in [0.5, 0.6) is 0 Å². The molecule has 0 radical (unpaired) electrons. The lowest BCUT2D eigenvalue weighted by Crippen LogP contribution is -2.52. The average Bonchev–Trinajstić information content (AvgIpc) is 2.64. The van der Waals surface area contributed by atoms with E-state index < -0.39 is 10.0 Å². The van der Waals surface area contributed by atoms with Gasteiger partial charge in [-0.1, -0.05) is 6.07 Å². The molecule has 0 aromatic heterocycles. The minimum Gasteiger partial charge on any atom is -0.322 e. The van der Waals surface area contributed by atoms with Crippen molar-refractivity contribution in [3.05, 3.63) is 57.2 Å². The number of anilines is 1. The molecule has 1 N–H and O–H groups in total. The van der Waals surface area contributed by atoms with E-state index in [1.807, 2.05) is 33.0 Å². The molecule has 0 aliphatic carbocycles. The number of nitrogens with zero attached hydrogens (tertiary/aromatic N) is 2. The van der Waals surface area contributed by atoms with Gasteiger partial charge < -0.3 is 10.2 Å². The molecule has 3 rings (SSSR count). The van der Waals surface area contributed by atoms with Crippen molar-refractivity contribution in [3.8, 4) is 0 Å². The van der Waals surface area contributed by atoms with Crippen molar-refractivity contribution in [1.29, 1.82) is 0 Å². The Labute approximate surface area is 180 Å². The Hall–Kier alpha value is -1.49. The van der Waals surface area contributed by atoms with Gasteiger partial charge in [-0.3, -0.25) is 4.79 Å². The average molecular weight is 513 g/mol. The maximum Gasteiger partial charge on any atom is 0.255 e. The van der Waals surface area contributed by atoms with Gasteiger partial charge in [0.25, 0.3) is 5.91 Å². The molecule has 1 aliphatic rings. The first-order valence-corrected chi connectivity index (χ1v) is 11.6. The fourth-order valence-electron chi connectivity index (χ4n) is 3.26. The van der Waals surface area contributed by atoms with Crippen LogP contribution in [0.3, 0.4) is 0 Å². The predicted octanol–water partition coefficient (Wildman–Crippen LogP) is 3.18. The van der Waals surface area contributed by atoms with Crippen LogP contribution in [0.25, 0.3) is 0 Å². The molecule has 0 spiro atoms. The van der Waals surface area contributed by atoms with Crippen molar-refractivity contribution in [3.63, 3.8) is 0 Å². The van der Waals surface area contributed by atoms with Crippen LogP contribution in [0.4, 0.5) is 5.69 Å². The number of rotatable bonds is 4. The van der Waals surface area contributed by atoms with Gasteiger partial charge >= 0.3 is 0 Å². The Morgan fingerprint density at radius 1 is 1.14 bits per heavy atom. The molecule has 150 valence electrons. The Kier molecular flexibility index (Phi) is 6.43. The van der Waals surface area contributed by atoms with Crippen molar-refractivity contribution in [1.82, 2.24) is 9.21 Å². The maximum absolute atomic E-state index is 12.9. The van der Waals surface area contributed by atoms with Gasteiger partial charge in [-0.2, -0.15) is 4.31 Å². The number of hydrogen-bond acceptors (Lipinski definition) is 4. The fourth-order valence-corrected chi connectivity index (χ4v) is 5.39. The van der Waals surface area contributed by atoms with E-state index in [9.17, 15) is 13.2 Å². The van der Waals surface area contributed by atoms with Crippen molar-refractivity contribution >= 4 is 44.2 Å². The Balaban J connectivity index is 1.74. The second-order valence-electron chi connectivity index (χ2n) is 7.17. The summed E-state index contributed by atoms with van der Waals surface area (Å²) in [6, 6.07) is 11.8. The monoisotopic (exact) mass is 513 g/mol. The Bertz CT molecular complexity index is 977. The van der Waals surface area contributed by atoms with E-state index in [0.29, 0.717) is 30.9 Å². The van der Waals surface area contributed by atoms with Crippen LogP contribution >= 0.6 is 22.6 Å². The van der Waals surface area contributed by atoms with Crippen molar-refractivity contribution in [2.75, 3.05) is 32.0 Å². The number of hydrogen-bond donors (Lipinski definition) is 1. The number of halogens is 1. The zero-order valence-corrected chi connectivity index (χ0v) is 19.1. The number of piperazine rings is 1. The number of aryl methyl sites for hydroxylation is 1. The van der Waals surface area contributed by atoms with E-state index >= 15 is 0 Å². The van der Waals surface area contributed by atoms with Crippen LogP contribution in [0, 0.1) is 10.5 Å². The van der Waals surface area contributed by atoms with Gasteiger partial charge in [0.15, 0.2) is 0 Å². The summed E-state index contributed by atoms with van der Waals surface area (Å²) >= 11 is 2.20. The highest BCUT2D eigenvalue weighted by atomic mass is 127. The lowest BCUT2D eigenvalue weighted by Gasteiger charge is -2.37. The molecular weight excluding hydrogens is 489 g/mol. The smallest absolute Gasteiger partial charge is 0.255 e. The summed E-state index contributed by atoms with van der Waals surface area (Å²) in [5.41, 5.74) is 2.24. The summed E-state index contributed by atoms with van der Waals surface area (Å²) < 4.78 is 28.5. The lowest BCUT2D eigenvalue weighted by molar-refractivity contribution is 0.102. The Morgan fingerprint density at radius 2 is 1.82 bits per heavy atom. The molecule has 2 aromatic carbocycles. The van der Waals surface area contributed by atoms with Gasteiger partial charge in [0.1, 0.15) is 0 Å². The largest absolute Gasteiger partial charge is 0.322 e. The zero-order chi connectivity index (χ0) is 20.5. The molecular formula is C20H24IN3O3S. The number of carbonyl (C=O) groups is 1. The van der Waals surface area contributed by atoms with Gasteiger partial charge in [0.2, 0.25) is 10.0 Å². The summed E-state index contributed by atoms with van der Waals surface area (Å²) in [6.45, 7) is 5.81. The molecule has 0 saturated carbocycles. The van der Waals surface area contributed by atoms with Crippen molar-refractivity contribution in [2.24, 2.45) is 0 Å². The molecule has 28 heavy (non-hydrogen) atoms. The first-order valence-electron chi connectivity index (χ1n) is 9.06. The van der Waals surface area contributed by atoms with Crippen LogP contribution < -0.4 is 5.32 Å². The summed E-state index contributed by atoms with van der Waals surface area (Å²) in [6.07, 6.45) is 0. The molecule has 1 saturated heterocycles. The third-order valence-electron chi connectivity index (χ3n) is 4.92. The molecule has 8 heteroatoms. The van der Waals surface area contributed by atoms with Gasteiger partial charge in [-0.05, 0) is 85.4 Å². The van der Waals surface area contributed by atoms with Gasteiger partial charge in [0.05, 0.1) is 4.90 Å². The van der Waals surface area contributed by atoms with E-state index in [1.165, 1.54) is 0 Å². The highest BCUT2D eigenvalue weighted by Gasteiger charge is 2.32. The fraction of sp³-hybridized carbons (Fsp3) is 0.350. The summed E-state index contributed by atoms with van der Waals surface area (Å²) in [7, 11) is -1.56. The summed E-state index contributed by atoms with van der Waals surface area (Å²) in [5, 5.41) is 2.82. The molecule has 1 amide bonds. The third kappa shape index (κ3) is 4.56. The number of benzene rings is 2. The summed E-state index contributed by atoms with van der Waals surface area (Å²) in [4.78, 5) is 14.8. The molecule has 2 aromatic rings. The van der Waals surface area contributed by atoms with Crippen LogP contribution in [0.2, 0.25) is 0 Å². The van der Waals surface area contributed by atoms with Crippen LogP contribution in [0.15, 0.2) is 47.4 Å². The Morgan fingerprint density at radius 3 is 2.43 bits per heavy atom. The maximum atomic E-state index is 12.9. The molecule has 1 heterocycles. The first-order chi connectivity index (χ1) is 13.2. The molecule has 1 fully saturated rings. The third-order valence-corrected chi connectivity index (χ3v) is 8.11. The molecule has 6 nitrogen and oxygen atoms in total. The van der Waals surface area contributed by atoms with Gasteiger partial charge in [-0.15, -0.1) is 0 Å². The van der Waals surface area contributed by atoms with E-state index in [2.05, 4.69) is 32.8 Å². The normalized spacial score (nSPS) is 18.8.